The lowest BCUT2D eigenvalue weighted by molar-refractivity contribution is 0.0649. The lowest BCUT2D eigenvalue weighted by Gasteiger charge is -2.36. The Kier molecular flexibility index (Phi) is 3.47. The second kappa shape index (κ2) is 4.87. The Morgan fingerprint density at radius 3 is 3.00 bits per heavy atom. The highest BCUT2D eigenvalue weighted by molar-refractivity contribution is 5.93. The van der Waals surface area contributed by atoms with E-state index in [4.69, 9.17) is 5.73 Å². The maximum Gasteiger partial charge on any atom is 0.257 e. The van der Waals surface area contributed by atoms with Crippen LogP contribution in [0.1, 0.15) is 30.1 Å². The highest BCUT2D eigenvalue weighted by Crippen LogP contribution is 2.20. The Morgan fingerprint density at radius 1 is 1.65 bits per heavy atom. The summed E-state index contributed by atoms with van der Waals surface area (Å²) in [6, 6.07) is 0.234. The van der Waals surface area contributed by atoms with Crippen molar-refractivity contribution in [1.29, 1.82) is 0 Å². The molecule has 0 aromatic carbocycles. The number of nitrogens with zero attached hydrogens (tertiary/aromatic N) is 3. The summed E-state index contributed by atoms with van der Waals surface area (Å²) in [4.78, 5) is 14.1. The molecule has 2 unspecified atom stereocenters. The first kappa shape index (κ1) is 12.1. The molecule has 2 N–H and O–H groups in total. The molecule has 17 heavy (non-hydrogen) atoms. The molecule has 94 valence electrons. The van der Waals surface area contributed by atoms with Gasteiger partial charge in [-0.3, -0.25) is 9.48 Å². The van der Waals surface area contributed by atoms with Crippen molar-refractivity contribution in [2.75, 3.05) is 13.1 Å². The first-order valence-electron chi connectivity index (χ1n) is 6.15. The Hall–Kier alpha value is -1.36. The van der Waals surface area contributed by atoms with E-state index >= 15 is 0 Å². The van der Waals surface area contributed by atoms with Crippen LogP contribution in [0.5, 0.6) is 0 Å². The van der Waals surface area contributed by atoms with Gasteiger partial charge in [0.1, 0.15) is 0 Å². The molecule has 1 aliphatic heterocycles. The van der Waals surface area contributed by atoms with E-state index in [0.717, 1.165) is 25.9 Å². The van der Waals surface area contributed by atoms with Crippen LogP contribution in [-0.4, -0.2) is 39.7 Å². The van der Waals surface area contributed by atoms with Gasteiger partial charge in [0.25, 0.3) is 5.91 Å². The molecule has 1 fully saturated rings. The van der Waals surface area contributed by atoms with Gasteiger partial charge < -0.3 is 10.6 Å². The standard InChI is InChI=1S/C12H20N4O/c1-3-9-8-16(5-4-11(9)13)12(17)10-6-14-15(2)7-10/h6-7,9,11H,3-5,8,13H2,1-2H3. The Labute approximate surface area is 102 Å². The molecule has 5 nitrogen and oxygen atoms in total. The molecular weight excluding hydrogens is 216 g/mol. The van der Waals surface area contributed by atoms with Crippen molar-refractivity contribution < 1.29 is 4.79 Å². The van der Waals surface area contributed by atoms with Crippen molar-refractivity contribution in [3.05, 3.63) is 18.0 Å². The maximum atomic E-state index is 12.2. The third-order valence-electron chi connectivity index (χ3n) is 3.56. The first-order valence-corrected chi connectivity index (χ1v) is 6.15. The van der Waals surface area contributed by atoms with Crippen molar-refractivity contribution in [2.24, 2.45) is 18.7 Å². The molecule has 1 aromatic heterocycles. The minimum atomic E-state index is 0.0726. The Balaban J connectivity index is 2.05. The van der Waals surface area contributed by atoms with E-state index in [1.807, 2.05) is 11.9 Å². The van der Waals surface area contributed by atoms with Gasteiger partial charge in [0.2, 0.25) is 0 Å². The molecule has 2 rings (SSSR count). The van der Waals surface area contributed by atoms with Crippen molar-refractivity contribution in [3.8, 4) is 0 Å². The zero-order valence-electron chi connectivity index (χ0n) is 10.5. The quantitative estimate of drug-likeness (QED) is 0.818. The molecule has 0 radical (unpaired) electrons. The molecule has 1 amide bonds. The molecule has 1 saturated heterocycles. The molecule has 1 aromatic rings. The average molecular weight is 236 g/mol. The number of carbonyl (C=O) groups is 1. The third kappa shape index (κ3) is 2.49. The van der Waals surface area contributed by atoms with E-state index < -0.39 is 0 Å². The fourth-order valence-corrected chi connectivity index (χ4v) is 2.38. The number of aryl methyl sites for hydroxylation is 1. The van der Waals surface area contributed by atoms with Crippen LogP contribution in [0, 0.1) is 5.92 Å². The van der Waals surface area contributed by atoms with Crippen molar-refractivity contribution in [1.82, 2.24) is 14.7 Å². The van der Waals surface area contributed by atoms with Crippen LogP contribution in [0.15, 0.2) is 12.4 Å². The molecule has 5 heteroatoms. The van der Waals surface area contributed by atoms with Gasteiger partial charge in [-0.1, -0.05) is 13.3 Å². The number of likely N-dealkylation sites (tertiary alicyclic amines) is 1. The van der Waals surface area contributed by atoms with Gasteiger partial charge in [0.05, 0.1) is 11.8 Å². The van der Waals surface area contributed by atoms with E-state index in [1.165, 1.54) is 0 Å². The van der Waals surface area contributed by atoms with E-state index in [-0.39, 0.29) is 11.9 Å². The number of carbonyl (C=O) groups excluding carboxylic acids is 1. The van der Waals surface area contributed by atoms with Gasteiger partial charge in [-0.2, -0.15) is 5.10 Å². The number of nitrogens with two attached hydrogens (primary N) is 1. The van der Waals surface area contributed by atoms with Crippen LogP contribution in [0.3, 0.4) is 0 Å². The van der Waals surface area contributed by atoms with Crippen LogP contribution >= 0.6 is 0 Å². The zero-order valence-corrected chi connectivity index (χ0v) is 10.5. The fourth-order valence-electron chi connectivity index (χ4n) is 2.38. The zero-order chi connectivity index (χ0) is 12.4. The summed E-state index contributed by atoms with van der Waals surface area (Å²) in [5.41, 5.74) is 6.70. The summed E-state index contributed by atoms with van der Waals surface area (Å²) in [6.07, 6.45) is 5.30. The van der Waals surface area contributed by atoms with E-state index in [1.54, 1.807) is 17.1 Å². The van der Waals surface area contributed by atoms with Gasteiger partial charge in [0, 0.05) is 32.4 Å². The third-order valence-corrected chi connectivity index (χ3v) is 3.56. The molecule has 0 bridgehead atoms. The predicted octanol–water partition coefficient (Wildman–Crippen LogP) is 0.620. The van der Waals surface area contributed by atoms with E-state index in [0.29, 0.717) is 11.5 Å². The lowest BCUT2D eigenvalue weighted by atomic mass is 9.90. The lowest BCUT2D eigenvalue weighted by Crippen LogP contribution is -2.48. The largest absolute Gasteiger partial charge is 0.338 e. The molecule has 0 saturated carbocycles. The van der Waals surface area contributed by atoms with Gasteiger partial charge in [-0.15, -0.1) is 0 Å². The van der Waals surface area contributed by atoms with Gasteiger partial charge in [-0.05, 0) is 12.3 Å². The SMILES string of the molecule is CCC1CN(C(=O)c2cnn(C)c2)CCC1N. The molecule has 0 aliphatic carbocycles. The number of amides is 1. The number of rotatable bonds is 2. The summed E-state index contributed by atoms with van der Waals surface area (Å²) in [6.45, 7) is 3.65. The molecule has 2 heterocycles. The molecule has 2 atom stereocenters. The Bertz CT molecular complexity index is 401. The van der Waals surface area contributed by atoms with Crippen molar-refractivity contribution in [2.45, 2.75) is 25.8 Å². The van der Waals surface area contributed by atoms with Gasteiger partial charge in [-0.25, -0.2) is 0 Å². The van der Waals surface area contributed by atoms with Crippen molar-refractivity contribution >= 4 is 5.91 Å². The van der Waals surface area contributed by atoms with Crippen LogP contribution < -0.4 is 5.73 Å². The molecule has 0 spiro atoms. The van der Waals surface area contributed by atoms with Crippen LogP contribution in [0.25, 0.3) is 0 Å². The number of hydrogen-bond acceptors (Lipinski definition) is 3. The number of piperidine rings is 1. The summed E-state index contributed by atoms with van der Waals surface area (Å²) in [5.74, 6) is 0.493. The van der Waals surface area contributed by atoms with Gasteiger partial charge in [0.15, 0.2) is 0 Å². The summed E-state index contributed by atoms with van der Waals surface area (Å²) >= 11 is 0. The highest BCUT2D eigenvalue weighted by Gasteiger charge is 2.28. The number of hydrogen-bond donors (Lipinski definition) is 1. The van der Waals surface area contributed by atoms with Crippen LogP contribution in [-0.2, 0) is 7.05 Å². The Morgan fingerprint density at radius 2 is 2.41 bits per heavy atom. The second-order valence-corrected chi connectivity index (χ2v) is 4.77. The predicted molar refractivity (Wildman–Crippen MR) is 65.5 cm³/mol. The summed E-state index contributed by atoms with van der Waals surface area (Å²) < 4.78 is 1.65. The summed E-state index contributed by atoms with van der Waals surface area (Å²) in [7, 11) is 1.82. The maximum absolute atomic E-state index is 12.2. The van der Waals surface area contributed by atoms with Crippen LogP contribution in [0.4, 0.5) is 0 Å². The van der Waals surface area contributed by atoms with Gasteiger partial charge >= 0.3 is 0 Å². The monoisotopic (exact) mass is 236 g/mol. The molecule has 1 aliphatic rings. The summed E-state index contributed by atoms with van der Waals surface area (Å²) in [5, 5.41) is 4.03. The minimum Gasteiger partial charge on any atom is -0.338 e. The van der Waals surface area contributed by atoms with E-state index in [9.17, 15) is 4.79 Å². The number of aromatic nitrogens is 2. The van der Waals surface area contributed by atoms with Crippen molar-refractivity contribution in [3.63, 3.8) is 0 Å². The minimum absolute atomic E-state index is 0.0726. The van der Waals surface area contributed by atoms with Crippen LogP contribution in [0.2, 0.25) is 0 Å². The normalized spacial score (nSPS) is 25.0. The second-order valence-electron chi connectivity index (χ2n) is 4.77. The highest BCUT2D eigenvalue weighted by atomic mass is 16.2. The molecular formula is C12H20N4O. The topological polar surface area (TPSA) is 64.2 Å². The fraction of sp³-hybridized carbons (Fsp3) is 0.667. The smallest absolute Gasteiger partial charge is 0.257 e. The first-order chi connectivity index (χ1) is 8.11. The average Bonchev–Trinajstić information content (AvgIpc) is 2.75. The van der Waals surface area contributed by atoms with E-state index in [2.05, 4.69) is 12.0 Å².